The van der Waals surface area contributed by atoms with Gasteiger partial charge in [0.15, 0.2) is 0 Å². The van der Waals surface area contributed by atoms with Gasteiger partial charge in [0.25, 0.3) is 15.9 Å². The van der Waals surface area contributed by atoms with Gasteiger partial charge in [0.1, 0.15) is 6.61 Å². The second-order valence-corrected chi connectivity index (χ2v) is 14.2. The average Bonchev–Trinajstić information content (AvgIpc) is 3.40. The second-order valence-electron chi connectivity index (χ2n) is 12.5. The predicted octanol–water partition coefficient (Wildman–Crippen LogP) is 6.18. The van der Waals surface area contributed by atoms with Crippen molar-refractivity contribution in [3.63, 3.8) is 0 Å². The number of nitrogens with zero attached hydrogens (tertiary/aromatic N) is 5. The Hall–Kier alpha value is -4.25. The van der Waals surface area contributed by atoms with Gasteiger partial charge in [0.05, 0.1) is 28.5 Å². The van der Waals surface area contributed by atoms with Gasteiger partial charge in [-0.25, -0.2) is 18.1 Å². The molecule has 0 aliphatic carbocycles. The van der Waals surface area contributed by atoms with Gasteiger partial charge in [0, 0.05) is 29.4 Å². The number of ether oxygens (including phenoxy) is 1. The lowest BCUT2D eigenvalue weighted by Gasteiger charge is -2.35. The molecule has 1 atom stereocenters. The highest BCUT2D eigenvalue weighted by Gasteiger charge is 2.33. The fraction of sp³-hybridized carbons (Fsp3) is 0.375. The third-order valence-electron chi connectivity index (χ3n) is 7.31. The van der Waals surface area contributed by atoms with E-state index in [0.717, 1.165) is 16.7 Å². The summed E-state index contributed by atoms with van der Waals surface area (Å²) in [6.07, 6.45) is 4.08. The fourth-order valence-corrected chi connectivity index (χ4v) is 6.34. The van der Waals surface area contributed by atoms with E-state index < -0.39 is 16.1 Å². The molecule has 0 radical (unpaired) electrons. The number of carbonyl (C=O) groups is 1. The van der Waals surface area contributed by atoms with Gasteiger partial charge in [-0.3, -0.25) is 14.4 Å². The lowest BCUT2D eigenvalue weighted by molar-refractivity contribution is 0.0955. The van der Waals surface area contributed by atoms with E-state index in [2.05, 4.69) is 40.6 Å². The number of aryl methyl sites for hydroxylation is 2. The minimum atomic E-state index is -4.15. The molecular weight excluding hydrogens is 564 g/mol. The summed E-state index contributed by atoms with van der Waals surface area (Å²) < 4.78 is 37.8. The van der Waals surface area contributed by atoms with Gasteiger partial charge in [-0.1, -0.05) is 45.0 Å². The molecule has 4 aromatic rings. The summed E-state index contributed by atoms with van der Waals surface area (Å²) in [7, 11) is -4.15. The number of hydrogen-bond donors (Lipinski definition) is 1. The quantitative estimate of drug-likeness (QED) is 0.296. The van der Waals surface area contributed by atoms with E-state index >= 15 is 0 Å². The molecule has 3 heterocycles. The zero-order valence-corrected chi connectivity index (χ0v) is 26.4. The number of fused-ring (bicyclic) bond motifs is 4. The van der Waals surface area contributed by atoms with Crippen molar-refractivity contribution in [2.75, 3.05) is 16.2 Å². The van der Waals surface area contributed by atoms with Crippen molar-refractivity contribution in [2.24, 2.45) is 5.41 Å². The van der Waals surface area contributed by atoms with E-state index in [4.69, 9.17) is 4.74 Å². The number of benzene rings is 2. The number of hydrogen-bond acceptors (Lipinski definition) is 7. The van der Waals surface area contributed by atoms with Crippen molar-refractivity contribution in [1.82, 2.24) is 19.7 Å². The van der Waals surface area contributed by atoms with Crippen molar-refractivity contribution in [3.05, 3.63) is 77.6 Å². The van der Waals surface area contributed by atoms with E-state index in [-0.39, 0.29) is 46.3 Å². The number of aromatic nitrogens is 4. The van der Waals surface area contributed by atoms with Gasteiger partial charge in [-0.05, 0) is 68.9 Å². The van der Waals surface area contributed by atoms with Crippen LogP contribution in [0.3, 0.4) is 0 Å². The topological polar surface area (TPSA) is 119 Å². The van der Waals surface area contributed by atoms with Crippen molar-refractivity contribution >= 4 is 27.6 Å². The second kappa shape index (κ2) is 11.4. The number of rotatable bonds is 4. The number of carbonyl (C=O) groups excluding carboxylic acids is 1. The molecule has 0 fully saturated rings. The van der Waals surface area contributed by atoms with Crippen LogP contribution in [0.15, 0.2) is 65.8 Å². The first kappa shape index (κ1) is 30.2. The van der Waals surface area contributed by atoms with Crippen LogP contribution in [0.4, 0.5) is 11.6 Å². The molecule has 11 heteroatoms. The molecule has 4 bridgehead atoms. The van der Waals surface area contributed by atoms with Gasteiger partial charge in [-0.15, -0.1) is 0 Å². The molecule has 0 saturated carbocycles. The molecule has 226 valence electrons. The van der Waals surface area contributed by atoms with Gasteiger partial charge < -0.3 is 4.74 Å². The maximum Gasteiger partial charge on any atom is 0.264 e. The highest BCUT2D eigenvalue weighted by atomic mass is 32.2. The van der Waals surface area contributed by atoms with Gasteiger partial charge in [-0.2, -0.15) is 10.1 Å². The monoisotopic (exact) mass is 602 g/mol. The van der Waals surface area contributed by atoms with Gasteiger partial charge in [0.2, 0.25) is 11.8 Å². The Balaban J connectivity index is 1.72. The van der Waals surface area contributed by atoms with Crippen LogP contribution in [0.1, 0.15) is 68.6 Å². The standard InChI is InChI=1S/C32H38N6O4S/c1-20(2)37-18-25(17-33-37)38-24(16-32(5,6)7)19-42-28-15-27(29-21(3)10-8-11-22(29)4)34-31(35-28)36-43(40,41)26-13-9-12-23(14-26)30(38)39/h8-15,17-18,20,24H,16,19H2,1-7H3,(H,34,35,36)/t24-/m1/s1. The van der Waals surface area contributed by atoms with E-state index in [9.17, 15) is 13.2 Å². The van der Waals surface area contributed by atoms with E-state index in [0.29, 0.717) is 17.8 Å². The average molecular weight is 603 g/mol. The van der Waals surface area contributed by atoms with Crippen molar-refractivity contribution in [1.29, 1.82) is 0 Å². The minimum Gasteiger partial charge on any atom is -0.475 e. The third kappa shape index (κ3) is 6.56. The molecule has 1 aliphatic rings. The van der Waals surface area contributed by atoms with E-state index in [1.807, 2.05) is 52.1 Å². The molecule has 5 rings (SSSR count). The van der Waals surface area contributed by atoms with E-state index in [1.54, 1.807) is 34.0 Å². The number of sulfonamides is 1. The molecule has 10 nitrogen and oxygen atoms in total. The maximum absolute atomic E-state index is 14.3. The molecule has 0 saturated heterocycles. The van der Waals surface area contributed by atoms with Crippen LogP contribution in [-0.4, -0.2) is 46.7 Å². The molecule has 2 aromatic heterocycles. The zero-order valence-electron chi connectivity index (χ0n) is 25.6. The van der Waals surface area contributed by atoms with Crippen LogP contribution in [0.5, 0.6) is 5.88 Å². The van der Waals surface area contributed by atoms with Crippen molar-refractivity contribution < 1.29 is 17.9 Å². The molecule has 1 amide bonds. The summed E-state index contributed by atoms with van der Waals surface area (Å²) in [4.78, 5) is 24.9. The van der Waals surface area contributed by atoms with Crippen LogP contribution < -0.4 is 14.4 Å². The summed E-state index contributed by atoms with van der Waals surface area (Å²) in [6, 6.07) is 13.3. The Bertz CT molecular complexity index is 1750. The molecule has 2 aromatic carbocycles. The lowest BCUT2D eigenvalue weighted by Crippen LogP contribution is -2.46. The van der Waals surface area contributed by atoms with Crippen LogP contribution in [-0.2, 0) is 10.0 Å². The zero-order chi connectivity index (χ0) is 31.1. The predicted molar refractivity (Wildman–Crippen MR) is 167 cm³/mol. The lowest BCUT2D eigenvalue weighted by atomic mass is 9.87. The number of amides is 1. The Labute approximate surface area is 253 Å². The molecule has 43 heavy (non-hydrogen) atoms. The Morgan fingerprint density at radius 1 is 1.05 bits per heavy atom. The van der Waals surface area contributed by atoms with Crippen LogP contribution >= 0.6 is 0 Å². The first-order valence-corrected chi connectivity index (χ1v) is 15.8. The smallest absolute Gasteiger partial charge is 0.264 e. The Morgan fingerprint density at radius 3 is 2.40 bits per heavy atom. The number of nitrogens with one attached hydrogen (secondary N) is 1. The number of anilines is 2. The molecular formula is C32H38N6O4S. The molecule has 0 spiro atoms. The SMILES string of the molecule is Cc1cccc(C)c1-c1cc2nc(n1)NS(=O)(=O)c1cccc(c1)C(=O)N(c1cnn(C(C)C)c1)[C@H](CC(C)(C)C)CO2. The third-order valence-corrected chi connectivity index (χ3v) is 8.63. The van der Waals surface area contributed by atoms with Crippen LogP contribution in [0.2, 0.25) is 0 Å². The summed E-state index contributed by atoms with van der Waals surface area (Å²) in [5.41, 5.74) is 3.99. The Morgan fingerprint density at radius 2 is 1.74 bits per heavy atom. The fourth-order valence-electron chi connectivity index (χ4n) is 5.35. The summed E-state index contributed by atoms with van der Waals surface area (Å²) in [6.45, 7) is 14.4. The van der Waals surface area contributed by atoms with Gasteiger partial charge >= 0.3 is 0 Å². The minimum absolute atomic E-state index is 0.0775. The van der Waals surface area contributed by atoms with Crippen molar-refractivity contribution in [3.8, 4) is 17.1 Å². The summed E-state index contributed by atoms with van der Waals surface area (Å²) in [5, 5.41) is 4.49. The highest BCUT2D eigenvalue weighted by molar-refractivity contribution is 7.92. The Kier molecular flexibility index (Phi) is 8.04. The van der Waals surface area contributed by atoms with Crippen molar-refractivity contribution in [2.45, 2.75) is 71.9 Å². The first-order chi connectivity index (χ1) is 20.2. The largest absolute Gasteiger partial charge is 0.475 e. The van der Waals surface area contributed by atoms with E-state index in [1.165, 1.54) is 12.1 Å². The van der Waals surface area contributed by atoms with Crippen LogP contribution in [0, 0.1) is 19.3 Å². The molecule has 1 N–H and O–H groups in total. The first-order valence-electron chi connectivity index (χ1n) is 14.3. The summed E-state index contributed by atoms with van der Waals surface area (Å²) >= 11 is 0. The maximum atomic E-state index is 14.3. The normalized spacial score (nSPS) is 17.0. The van der Waals surface area contributed by atoms with Crippen LogP contribution in [0.25, 0.3) is 11.3 Å². The highest BCUT2D eigenvalue weighted by Crippen LogP contribution is 2.33. The molecule has 1 aliphatic heterocycles. The molecule has 0 unspecified atom stereocenters. The summed E-state index contributed by atoms with van der Waals surface area (Å²) in [5.74, 6) is -0.277.